The molecule has 84 valence electrons. The molecule has 0 aliphatic heterocycles. The average molecular weight is 219 g/mol. The number of benzene rings is 1. The third kappa shape index (κ3) is 1.43. The van der Waals surface area contributed by atoms with Crippen LogP contribution in [0.15, 0.2) is 24.3 Å². The van der Waals surface area contributed by atoms with Gasteiger partial charge in [0.1, 0.15) is 11.3 Å². The molecule has 0 unspecified atom stereocenters. The Morgan fingerprint density at radius 3 is 2.69 bits per heavy atom. The van der Waals surface area contributed by atoms with Gasteiger partial charge in [-0.15, -0.1) is 0 Å². The molecule has 0 fully saturated rings. The number of nitrogens with zero attached hydrogens (tertiary/aromatic N) is 1. The SMILES string of the molecule is COC(=O)n1c(C)cc2cccc(OC)c21. The first-order chi connectivity index (χ1) is 7.69. The van der Waals surface area contributed by atoms with Crippen LogP contribution in [-0.2, 0) is 4.74 Å². The number of hydrogen-bond donors (Lipinski definition) is 0. The summed E-state index contributed by atoms with van der Waals surface area (Å²) in [4.78, 5) is 11.7. The maximum absolute atomic E-state index is 11.7. The predicted molar refractivity (Wildman–Crippen MR) is 61.0 cm³/mol. The van der Waals surface area contributed by atoms with Gasteiger partial charge in [-0.1, -0.05) is 12.1 Å². The van der Waals surface area contributed by atoms with E-state index in [0.717, 1.165) is 16.6 Å². The maximum atomic E-state index is 11.7. The van der Waals surface area contributed by atoms with Crippen molar-refractivity contribution in [3.63, 3.8) is 0 Å². The van der Waals surface area contributed by atoms with Crippen molar-refractivity contribution >= 4 is 17.0 Å². The van der Waals surface area contributed by atoms with Gasteiger partial charge in [-0.05, 0) is 19.1 Å². The predicted octanol–water partition coefficient (Wildman–Crippen LogP) is 2.57. The number of para-hydroxylation sites is 1. The van der Waals surface area contributed by atoms with E-state index in [1.54, 1.807) is 7.11 Å². The lowest BCUT2D eigenvalue weighted by Gasteiger charge is -2.07. The van der Waals surface area contributed by atoms with Crippen LogP contribution in [0, 0.1) is 6.92 Å². The van der Waals surface area contributed by atoms with Crippen molar-refractivity contribution in [1.29, 1.82) is 0 Å². The van der Waals surface area contributed by atoms with Crippen molar-refractivity contribution in [2.45, 2.75) is 6.92 Å². The van der Waals surface area contributed by atoms with Gasteiger partial charge in [0.05, 0.1) is 14.2 Å². The molecule has 0 spiro atoms. The minimum absolute atomic E-state index is 0.406. The fraction of sp³-hybridized carbons (Fsp3) is 0.250. The molecule has 0 amide bonds. The molecule has 1 aromatic heterocycles. The number of aryl methyl sites for hydroxylation is 1. The lowest BCUT2D eigenvalue weighted by molar-refractivity contribution is 0.173. The Balaban J connectivity index is 2.80. The van der Waals surface area contributed by atoms with Crippen molar-refractivity contribution in [1.82, 2.24) is 4.57 Å². The maximum Gasteiger partial charge on any atom is 0.418 e. The van der Waals surface area contributed by atoms with Gasteiger partial charge in [-0.2, -0.15) is 0 Å². The van der Waals surface area contributed by atoms with Crippen LogP contribution < -0.4 is 4.74 Å². The lowest BCUT2D eigenvalue weighted by atomic mass is 10.2. The molecule has 1 aromatic carbocycles. The van der Waals surface area contributed by atoms with Gasteiger partial charge in [-0.25, -0.2) is 9.36 Å². The molecule has 16 heavy (non-hydrogen) atoms. The van der Waals surface area contributed by atoms with E-state index < -0.39 is 6.09 Å². The molecular formula is C12H13NO3. The monoisotopic (exact) mass is 219 g/mol. The highest BCUT2D eigenvalue weighted by Gasteiger charge is 2.15. The van der Waals surface area contributed by atoms with Crippen molar-refractivity contribution in [2.75, 3.05) is 14.2 Å². The van der Waals surface area contributed by atoms with Gasteiger partial charge in [0.15, 0.2) is 0 Å². The average Bonchev–Trinajstić information content (AvgIpc) is 2.63. The molecule has 4 heteroatoms. The Bertz CT molecular complexity index is 542. The number of aromatic nitrogens is 1. The quantitative estimate of drug-likeness (QED) is 0.740. The van der Waals surface area contributed by atoms with Gasteiger partial charge in [0, 0.05) is 11.1 Å². The van der Waals surface area contributed by atoms with Crippen LogP contribution in [0.1, 0.15) is 5.69 Å². The van der Waals surface area contributed by atoms with Gasteiger partial charge in [0.2, 0.25) is 0 Å². The minimum Gasteiger partial charge on any atom is -0.495 e. The van der Waals surface area contributed by atoms with Crippen molar-refractivity contribution in [3.8, 4) is 5.75 Å². The molecule has 2 rings (SSSR count). The van der Waals surface area contributed by atoms with Gasteiger partial charge < -0.3 is 9.47 Å². The Morgan fingerprint density at radius 1 is 1.31 bits per heavy atom. The Labute approximate surface area is 93.4 Å². The summed E-state index contributed by atoms with van der Waals surface area (Å²) in [5.41, 5.74) is 1.57. The summed E-state index contributed by atoms with van der Waals surface area (Å²) in [5.74, 6) is 0.663. The zero-order valence-electron chi connectivity index (χ0n) is 9.48. The van der Waals surface area contributed by atoms with E-state index in [2.05, 4.69) is 0 Å². The summed E-state index contributed by atoms with van der Waals surface area (Å²) < 4.78 is 11.5. The molecule has 0 aliphatic carbocycles. The van der Waals surface area contributed by atoms with Crippen LogP contribution >= 0.6 is 0 Å². The number of carbonyl (C=O) groups is 1. The second-order valence-electron chi connectivity index (χ2n) is 3.49. The Morgan fingerprint density at radius 2 is 2.06 bits per heavy atom. The first-order valence-electron chi connectivity index (χ1n) is 4.92. The highest BCUT2D eigenvalue weighted by molar-refractivity contribution is 5.94. The van der Waals surface area contributed by atoms with Crippen LogP contribution in [0.5, 0.6) is 5.75 Å². The van der Waals surface area contributed by atoms with E-state index >= 15 is 0 Å². The topological polar surface area (TPSA) is 40.5 Å². The summed E-state index contributed by atoms with van der Waals surface area (Å²) in [7, 11) is 2.95. The Hall–Kier alpha value is -1.97. The molecular weight excluding hydrogens is 206 g/mol. The zero-order chi connectivity index (χ0) is 11.7. The van der Waals surface area contributed by atoms with Crippen LogP contribution in [0.2, 0.25) is 0 Å². The number of fused-ring (bicyclic) bond motifs is 1. The summed E-state index contributed by atoms with van der Waals surface area (Å²) >= 11 is 0. The third-order valence-corrected chi connectivity index (χ3v) is 2.55. The Kier molecular flexibility index (Phi) is 2.56. The van der Waals surface area contributed by atoms with E-state index in [1.165, 1.54) is 11.7 Å². The highest BCUT2D eigenvalue weighted by Crippen LogP contribution is 2.28. The first kappa shape index (κ1) is 10.5. The van der Waals surface area contributed by atoms with Gasteiger partial charge >= 0.3 is 6.09 Å². The van der Waals surface area contributed by atoms with Crippen molar-refractivity contribution < 1.29 is 14.3 Å². The number of hydrogen-bond acceptors (Lipinski definition) is 3. The van der Waals surface area contributed by atoms with Crippen LogP contribution in [0.3, 0.4) is 0 Å². The van der Waals surface area contributed by atoms with Crippen LogP contribution in [-0.4, -0.2) is 24.9 Å². The standard InChI is InChI=1S/C12H13NO3/c1-8-7-9-5-4-6-10(15-2)11(9)13(8)12(14)16-3/h4-7H,1-3H3. The summed E-state index contributed by atoms with van der Waals surface area (Å²) in [6, 6.07) is 7.57. The second kappa shape index (κ2) is 3.89. The number of carbonyl (C=O) groups excluding carboxylic acids is 1. The molecule has 0 saturated heterocycles. The van der Waals surface area contributed by atoms with E-state index in [1.807, 2.05) is 31.2 Å². The van der Waals surface area contributed by atoms with E-state index in [-0.39, 0.29) is 0 Å². The van der Waals surface area contributed by atoms with Gasteiger partial charge in [-0.3, -0.25) is 0 Å². The minimum atomic E-state index is -0.406. The molecule has 2 aromatic rings. The van der Waals surface area contributed by atoms with E-state index in [9.17, 15) is 4.79 Å². The number of ether oxygens (including phenoxy) is 2. The number of rotatable bonds is 1. The normalized spacial score (nSPS) is 10.4. The molecule has 0 radical (unpaired) electrons. The van der Waals surface area contributed by atoms with E-state index in [4.69, 9.17) is 9.47 Å². The molecule has 0 aliphatic rings. The first-order valence-corrected chi connectivity index (χ1v) is 4.92. The molecule has 1 heterocycles. The number of methoxy groups -OCH3 is 2. The smallest absolute Gasteiger partial charge is 0.418 e. The highest BCUT2D eigenvalue weighted by atomic mass is 16.5. The summed E-state index contributed by atoms with van der Waals surface area (Å²) in [6.07, 6.45) is -0.406. The largest absolute Gasteiger partial charge is 0.495 e. The van der Waals surface area contributed by atoms with Crippen molar-refractivity contribution in [2.24, 2.45) is 0 Å². The fourth-order valence-electron chi connectivity index (χ4n) is 1.85. The third-order valence-electron chi connectivity index (χ3n) is 2.55. The van der Waals surface area contributed by atoms with E-state index in [0.29, 0.717) is 5.75 Å². The molecule has 0 bridgehead atoms. The second-order valence-corrected chi connectivity index (χ2v) is 3.49. The zero-order valence-corrected chi connectivity index (χ0v) is 9.48. The van der Waals surface area contributed by atoms with Gasteiger partial charge in [0.25, 0.3) is 0 Å². The molecule has 0 atom stereocenters. The summed E-state index contributed by atoms with van der Waals surface area (Å²) in [6.45, 7) is 1.86. The molecule has 4 nitrogen and oxygen atoms in total. The molecule has 0 N–H and O–H groups in total. The summed E-state index contributed by atoms with van der Waals surface area (Å²) in [5, 5.41) is 0.960. The van der Waals surface area contributed by atoms with Crippen LogP contribution in [0.4, 0.5) is 4.79 Å². The molecule has 0 saturated carbocycles. The fourth-order valence-corrected chi connectivity index (χ4v) is 1.85. The van der Waals surface area contributed by atoms with Crippen molar-refractivity contribution in [3.05, 3.63) is 30.0 Å². The lowest BCUT2D eigenvalue weighted by Crippen LogP contribution is -2.12. The van der Waals surface area contributed by atoms with Crippen LogP contribution in [0.25, 0.3) is 10.9 Å².